The highest BCUT2D eigenvalue weighted by Gasteiger charge is 2.21. The van der Waals surface area contributed by atoms with Crippen LogP contribution in [0.15, 0.2) is 12.1 Å². The zero-order valence-corrected chi connectivity index (χ0v) is 10.8. The lowest BCUT2D eigenvalue weighted by Crippen LogP contribution is -2.25. The van der Waals surface area contributed by atoms with E-state index in [4.69, 9.17) is 5.11 Å². The van der Waals surface area contributed by atoms with Crippen molar-refractivity contribution in [3.05, 3.63) is 39.4 Å². The summed E-state index contributed by atoms with van der Waals surface area (Å²) in [5.74, 6) is -4.40. The van der Waals surface area contributed by atoms with Crippen LogP contribution in [0.2, 0.25) is 0 Å². The predicted molar refractivity (Wildman–Crippen MR) is 66.8 cm³/mol. The largest absolute Gasteiger partial charge is 0.481 e. The van der Waals surface area contributed by atoms with Crippen molar-refractivity contribution >= 4 is 17.6 Å². The number of nitro benzene ring substituents is 1. The number of aliphatic carboxylic acids is 1. The van der Waals surface area contributed by atoms with E-state index >= 15 is 0 Å². The molecule has 7 nitrogen and oxygen atoms in total. The maximum Gasteiger partial charge on any atom is 0.307 e. The number of carbonyl (C=O) groups is 2. The van der Waals surface area contributed by atoms with Crippen molar-refractivity contribution in [3.63, 3.8) is 0 Å². The van der Waals surface area contributed by atoms with E-state index in [1.54, 1.807) is 0 Å². The third-order valence-electron chi connectivity index (χ3n) is 2.58. The fraction of sp³-hybridized carbons (Fsp3) is 0.333. The number of rotatable bonds is 7. The Hall–Kier alpha value is -2.58. The third kappa shape index (κ3) is 4.79. The third-order valence-corrected chi connectivity index (χ3v) is 2.58. The molecule has 1 rings (SSSR count). The number of unbranched alkanes of at least 4 members (excludes halogenated alkanes) is 1. The van der Waals surface area contributed by atoms with Crippen molar-refractivity contribution in [3.8, 4) is 0 Å². The first-order chi connectivity index (χ1) is 9.82. The van der Waals surface area contributed by atoms with E-state index in [1.165, 1.54) is 0 Å². The Labute approximate surface area is 117 Å². The molecule has 21 heavy (non-hydrogen) atoms. The zero-order chi connectivity index (χ0) is 16.0. The number of carboxylic acid groups (broad SMARTS) is 1. The van der Waals surface area contributed by atoms with E-state index in [-0.39, 0.29) is 13.0 Å². The normalized spacial score (nSPS) is 10.2. The van der Waals surface area contributed by atoms with Gasteiger partial charge in [-0.25, -0.2) is 4.39 Å². The van der Waals surface area contributed by atoms with Gasteiger partial charge < -0.3 is 10.4 Å². The van der Waals surface area contributed by atoms with Gasteiger partial charge in [0.25, 0.3) is 5.91 Å². The minimum atomic E-state index is -1.31. The fourth-order valence-electron chi connectivity index (χ4n) is 1.55. The second-order valence-electron chi connectivity index (χ2n) is 4.15. The lowest BCUT2D eigenvalue weighted by molar-refractivity contribution is -0.387. The smallest absolute Gasteiger partial charge is 0.307 e. The summed E-state index contributed by atoms with van der Waals surface area (Å²) in [6, 6.07) is 0.800. The highest BCUT2D eigenvalue weighted by Crippen LogP contribution is 2.21. The molecule has 114 valence electrons. The van der Waals surface area contributed by atoms with E-state index < -0.39 is 39.7 Å². The van der Waals surface area contributed by atoms with E-state index in [2.05, 4.69) is 5.32 Å². The van der Waals surface area contributed by atoms with Gasteiger partial charge >= 0.3 is 11.7 Å². The quantitative estimate of drug-likeness (QED) is 0.454. The predicted octanol–water partition coefficient (Wildman–Crippen LogP) is 1.86. The molecule has 0 spiro atoms. The number of benzene rings is 1. The molecule has 1 amide bonds. The number of nitrogens with zero attached hydrogens (tertiary/aromatic N) is 1. The van der Waals surface area contributed by atoms with Crippen molar-refractivity contribution < 1.29 is 28.4 Å². The number of hydrogen-bond donors (Lipinski definition) is 2. The highest BCUT2D eigenvalue weighted by molar-refractivity contribution is 5.94. The number of nitro groups is 1. The zero-order valence-electron chi connectivity index (χ0n) is 10.8. The summed E-state index contributed by atoms with van der Waals surface area (Å²) < 4.78 is 26.8. The molecule has 0 saturated heterocycles. The Morgan fingerprint density at radius 1 is 1.24 bits per heavy atom. The van der Waals surface area contributed by atoms with Crippen LogP contribution < -0.4 is 5.32 Å². The van der Waals surface area contributed by atoms with Crippen LogP contribution in [0.4, 0.5) is 14.5 Å². The molecule has 0 aliphatic rings. The lowest BCUT2D eigenvalue weighted by Gasteiger charge is -2.06. The first-order valence-corrected chi connectivity index (χ1v) is 5.96. The molecule has 0 unspecified atom stereocenters. The van der Waals surface area contributed by atoms with E-state index in [0.717, 1.165) is 0 Å². The van der Waals surface area contributed by atoms with Crippen LogP contribution in [0.25, 0.3) is 0 Å². The number of hydrogen-bond acceptors (Lipinski definition) is 4. The van der Waals surface area contributed by atoms with Crippen LogP contribution in [0.3, 0.4) is 0 Å². The van der Waals surface area contributed by atoms with Crippen LogP contribution in [-0.2, 0) is 4.79 Å². The summed E-state index contributed by atoms with van der Waals surface area (Å²) >= 11 is 0. The molecule has 0 aliphatic carbocycles. The molecule has 0 saturated carbocycles. The van der Waals surface area contributed by atoms with Crippen LogP contribution in [0.5, 0.6) is 0 Å². The number of halogens is 2. The van der Waals surface area contributed by atoms with Crippen molar-refractivity contribution in [1.29, 1.82) is 0 Å². The van der Waals surface area contributed by atoms with Crippen molar-refractivity contribution in [2.24, 2.45) is 0 Å². The number of nitrogens with one attached hydrogen (secondary N) is 1. The summed E-state index contributed by atoms with van der Waals surface area (Å²) in [4.78, 5) is 31.2. The molecule has 0 fully saturated rings. The van der Waals surface area contributed by atoms with Gasteiger partial charge in [-0.3, -0.25) is 19.7 Å². The summed E-state index contributed by atoms with van der Waals surface area (Å²) in [6.07, 6.45) is 0.623. The second kappa shape index (κ2) is 7.27. The molecular formula is C12H12F2N2O5. The summed E-state index contributed by atoms with van der Waals surface area (Å²) in [5, 5.41) is 21.1. The molecule has 2 N–H and O–H groups in total. The maximum absolute atomic E-state index is 13.5. The molecular weight excluding hydrogens is 290 g/mol. The van der Waals surface area contributed by atoms with Crippen molar-refractivity contribution in [2.45, 2.75) is 19.3 Å². The summed E-state index contributed by atoms with van der Waals surface area (Å²) in [6.45, 7) is 0.0875. The maximum atomic E-state index is 13.5. The van der Waals surface area contributed by atoms with Gasteiger partial charge in [0.05, 0.1) is 16.6 Å². The van der Waals surface area contributed by atoms with Gasteiger partial charge in [0.2, 0.25) is 5.82 Å². The Kier molecular flexibility index (Phi) is 5.70. The van der Waals surface area contributed by atoms with Crippen LogP contribution in [0, 0.1) is 21.7 Å². The van der Waals surface area contributed by atoms with Crippen LogP contribution in [0.1, 0.15) is 29.6 Å². The van der Waals surface area contributed by atoms with Crippen molar-refractivity contribution in [2.75, 3.05) is 6.54 Å². The van der Waals surface area contributed by atoms with Crippen LogP contribution in [-0.4, -0.2) is 28.5 Å². The molecule has 0 atom stereocenters. The summed E-state index contributed by atoms with van der Waals surface area (Å²) in [7, 11) is 0. The van der Waals surface area contributed by atoms with Gasteiger partial charge in [-0.2, -0.15) is 4.39 Å². The Bertz CT molecular complexity index is 577. The molecule has 1 aromatic carbocycles. The van der Waals surface area contributed by atoms with E-state index in [1.807, 2.05) is 0 Å². The molecule has 0 aliphatic heterocycles. The van der Waals surface area contributed by atoms with Gasteiger partial charge in [0.1, 0.15) is 5.82 Å². The van der Waals surface area contributed by atoms with Gasteiger partial charge in [0, 0.05) is 13.0 Å². The van der Waals surface area contributed by atoms with Crippen LogP contribution >= 0.6 is 0 Å². The highest BCUT2D eigenvalue weighted by atomic mass is 19.1. The molecule has 1 aromatic rings. The monoisotopic (exact) mass is 302 g/mol. The first kappa shape index (κ1) is 16.5. The average molecular weight is 302 g/mol. The van der Waals surface area contributed by atoms with E-state index in [9.17, 15) is 28.5 Å². The van der Waals surface area contributed by atoms with Crippen molar-refractivity contribution in [1.82, 2.24) is 5.32 Å². The van der Waals surface area contributed by atoms with Gasteiger partial charge in [-0.15, -0.1) is 0 Å². The Morgan fingerprint density at radius 2 is 1.90 bits per heavy atom. The Morgan fingerprint density at radius 3 is 2.48 bits per heavy atom. The minimum Gasteiger partial charge on any atom is -0.481 e. The standard InChI is InChI=1S/C12H12F2N2O5/c13-8-6-10(16(20)21)9(14)5-7(8)12(19)15-4-2-1-3-11(17)18/h5-6H,1-4H2,(H,15,19)(H,17,18). The number of carbonyl (C=O) groups excluding carboxylic acids is 1. The van der Waals surface area contributed by atoms with E-state index in [0.29, 0.717) is 25.0 Å². The number of carboxylic acids is 1. The second-order valence-corrected chi connectivity index (χ2v) is 4.15. The molecule has 0 bridgehead atoms. The lowest BCUT2D eigenvalue weighted by atomic mass is 10.1. The fourth-order valence-corrected chi connectivity index (χ4v) is 1.55. The summed E-state index contributed by atoms with van der Waals surface area (Å²) in [5.41, 5.74) is -1.69. The van der Waals surface area contributed by atoms with Gasteiger partial charge in [0.15, 0.2) is 0 Å². The molecule has 0 aromatic heterocycles. The molecule has 9 heteroatoms. The molecule has 0 radical (unpaired) electrons. The molecule has 0 heterocycles. The Balaban J connectivity index is 2.64. The average Bonchev–Trinajstić information content (AvgIpc) is 2.39. The van der Waals surface area contributed by atoms with Gasteiger partial charge in [-0.05, 0) is 18.9 Å². The number of amides is 1. The van der Waals surface area contributed by atoms with Gasteiger partial charge in [-0.1, -0.05) is 0 Å². The minimum absolute atomic E-state index is 0.0591. The first-order valence-electron chi connectivity index (χ1n) is 5.96. The SMILES string of the molecule is O=C(O)CCCCNC(=O)c1cc(F)c([N+](=O)[O-])cc1F. The topological polar surface area (TPSA) is 110 Å².